The normalized spacial score (nSPS) is 9.91. The maximum Gasteiger partial charge on any atom is 0.277 e. The van der Waals surface area contributed by atoms with Gasteiger partial charge in [-0.15, -0.1) is 6.58 Å². The minimum atomic E-state index is -0.573. The topological polar surface area (TPSA) is 99.4 Å². The number of benzene rings is 1. The number of rotatable bonds is 10. The Balaban J connectivity index is 2.36. The molecule has 8 nitrogen and oxygen atoms in total. The zero-order chi connectivity index (χ0) is 24.2. The summed E-state index contributed by atoms with van der Waals surface area (Å²) in [7, 11) is 3.97. The van der Waals surface area contributed by atoms with Crippen LogP contribution >= 0.6 is 11.3 Å². The number of nitrogens with zero attached hydrogens (tertiary/aromatic N) is 3. The monoisotopic (exact) mass is 465 g/mol. The summed E-state index contributed by atoms with van der Waals surface area (Å²) in [5, 5.41) is 14.9. The summed E-state index contributed by atoms with van der Waals surface area (Å²) in [6, 6.07) is 9.30. The van der Waals surface area contributed by atoms with Gasteiger partial charge in [0.15, 0.2) is 5.57 Å². The van der Waals surface area contributed by atoms with Crippen LogP contribution in [0.15, 0.2) is 53.5 Å². The highest BCUT2D eigenvalue weighted by Crippen LogP contribution is 2.17. The lowest BCUT2D eigenvalue weighted by Crippen LogP contribution is -2.30. The van der Waals surface area contributed by atoms with Gasteiger partial charge in [-0.1, -0.05) is 34.9 Å². The molecule has 33 heavy (non-hydrogen) atoms. The smallest absolute Gasteiger partial charge is 0.277 e. The third-order valence-electron chi connectivity index (χ3n) is 4.26. The van der Waals surface area contributed by atoms with Gasteiger partial charge in [-0.3, -0.25) is 14.2 Å². The molecule has 0 spiro atoms. The Morgan fingerprint density at radius 1 is 1.39 bits per heavy atom. The van der Waals surface area contributed by atoms with Crippen molar-refractivity contribution in [1.29, 1.82) is 5.26 Å². The van der Waals surface area contributed by atoms with Crippen molar-refractivity contribution in [3.63, 3.8) is 0 Å². The molecular formula is C24H27N5O3S. The first-order chi connectivity index (χ1) is 15.9. The number of hydrogen-bond donors (Lipinski definition) is 2. The second-order valence-corrected chi connectivity index (χ2v) is 8.01. The molecule has 0 aliphatic heterocycles. The molecule has 2 aromatic rings. The first-order valence-electron chi connectivity index (χ1n) is 10.3. The molecule has 0 bridgehead atoms. The number of aromatic nitrogens is 1. The molecule has 1 aromatic carbocycles. The summed E-state index contributed by atoms with van der Waals surface area (Å²) in [6.45, 7) is 7.31. The number of ether oxygens (including phenoxy) is 1. The molecule has 0 aliphatic carbocycles. The van der Waals surface area contributed by atoms with Gasteiger partial charge in [-0.2, -0.15) is 5.26 Å². The van der Waals surface area contributed by atoms with E-state index >= 15 is 0 Å². The predicted octanol–water partition coefficient (Wildman–Crippen LogP) is 1.01. The van der Waals surface area contributed by atoms with E-state index in [0.29, 0.717) is 22.3 Å². The van der Waals surface area contributed by atoms with Gasteiger partial charge in [0.2, 0.25) is 0 Å². The third-order valence-corrected chi connectivity index (χ3v) is 5.27. The van der Waals surface area contributed by atoms with E-state index in [9.17, 15) is 14.9 Å². The molecule has 0 aliphatic rings. The summed E-state index contributed by atoms with van der Waals surface area (Å²) in [5.74, 6) is 0.164. The van der Waals surface area contributed by atoms with Gasteiger partial charge in [0, 0.05) is 37.6 Å². The fraction of sp³-hybridized carbons (Fsp3) is 0.292. The molecule has 0 unspecified atom stereocenters. The lowest BCUT2D eigenvalue weighted by atomic mass is 10.3. The van der Waals surface area contributed by atoms with Crippen molar-refractivity contribution in [2.24, 2.45) is 0 Å². The lowest BCUT2D eigenvalue weighted by Gasteiger charge is -2.11. The fourth-order valence-electron chi connectivity index (χ4n) is 2.58. The molecule has 0 fully saturated rings. The standard InChI is InChI=1S/C24H27N5O3S/c1-5-11-27-23(30)18(17-25)15-22-29(6-2)24(31)21(33-22)10-12-26-19-8-7-9-20(16-19)32-14-13-28(3)4/h5,7-9,12,16,26H,1,6,11,13-14H2,2-4H3,(H,27,30). The van der Waals surface area contributed by atoms with Crippen molar-refractivity contribution in [2.75, 3.05) is 39.1 Å². The molecule has 1 amide bonds. The largest absolute Gasteiger partial charge is 0.492 e. The number of amides is 1. The molecule has 2 rings (SSSR count). The Kier molecular flexibility index (Phi) is 9.97. The maximum absolute atomic E-state index is 12.7. The van der Waals surface area contributed by atoms with Crippen molar-refractivity contribution in [3.05, 3.63) is 68.2 Å². The van der Waals surface area contributed by atoms with E-state index < -0.39 is 5.91 Å². The maximum atomic E-state index is 12.7. The molecule has 172 valence electrons. The predicted molar refractivity (Wildman–Crippen MR) is 131 cm³/mol. The number of nitrogens with one attached hydrogen (secondary N) is 2. The van der Waals surface area contributed by atoms with Crippen LogP contribution in [0.3, 0.4) is 0 Å². The van der Waals surface area contributed by atoms with Gasteiger partial charge < -0.3 is 20.3 Å². The van der Waals surface area contributed by atoms with Gasteiger partial charge in [0.25, 0.3) is 11.5 Å². The summed E-state index contributed by atoms with van der Waals surface area (Å²) in [4.78, 5) is 26.8. The first-order valence-corrected chi connectivity index (χ1v) is 11.1. The summed E-state index contributed by atoms with van der Waals surface area (Å²) in [6.07, 6.45) is 3.05. The molecule has 0 saturated carbocycles. The van der Waals surface area contributed by atoms with Crippen molar-refractivity contribution in [2.45, 2.75) is 13.5 Å². The lowest BCUT2D eigenvalue weighted by molar-refractivity contribution is -0.116. The summed E-state index contributed by atoms with van der Waals surface area (Å²) < 4.78 is 7.87. The van der Waals surface area contributed by atoms with Crippen molar-refractivity contribution < 1.29 is 9.53 Å². The average molecular weight is 466 g/mol. The van der Waals surface area contributed by atoms with Crippen LogP contribution in [0, 0.1) is 11.3 Å². The minimum Gasteiger partial charge on any atom is -0.492 e. The molecule has 1 aromatic heterocycles. The van der Waals surface area contributed by atoms with E-state index in [-0.39, 0.29) is 17.7 Å². The van der Waals surface area contributed by atoms with E-state index in [1.165, 1.54) is 10.6 Å². The Morgan fingerprint density at radius 3 is 2.85 bits per heavy atom. The summed E-state index contributed by atoms with van der Waals surface area (Å²) >= 11 is 1.10. The van der Waals surface area contributed by atoms with Gasteiger partial charge in [-0.05, 0) is 33.2 Å². The quantitative estimate of drug-likeness (QED) is 0.309. The number of anilines is 1. The van der Waals surface area contributed by atoms with Crippen LogP contribution < -0.4 is 30.1 Å². The van der Waals surface area contributed by atoms with E-state index in [0.717, 1.165) is 29.3 Å². The summed E-state index contributed by atoms with van der Waals surface area (Å²) in [5.41, 5.74) is 6.01. The molecular weight excluding hydrogens is 438 g/mol. The highest BCUT2D eigenvalue weighted by Gasteiger charge is 2.08. The van der Waals surface area contributed by atoms with Crippen LogP contribution in [0.1, 0.15) is 6.92 Å². The third kappa shape index (κ3) is 7.69. The molecule has 9 heteroatoms. The van der Waals surface area contributed by atoms with Crippen molar-refractivity contribution in [3.8, 4) is 11.8 Å². The molecule has 0 saturated heterocycles. The van der Waals surface area contributed by atoms with Crippen LogP contribution in [0.2, 0.25) is 0 Å². The fourth-order valence-corrected chi connectivity index (χ4v) is 3.57. The minimum absolute atomic E-state index is 0.208. The highest BCUT2D eigenvalue weighted by molar-refractivity contribution is 7.07. The Bertz CT molecular complexity index is 1290. The second kappa shape index (κ2) is 12.9. The van der Waals surface area contributed by atoms with E-state index in [1.807, 2.05) is 49.3 Å². The molecule has 0 radical (unpaired) electrons. The molecule has 1 heterocycles. The average Bonchev–Trinajstić information content (AvgIpc) is 3.09. The van der Waals surface area contributed by atoms with E-state index in [4.69, 9.17) is 4.74 Å². The number of carbonyl (C=O) groups is 1. The van der Waals surface area contributed by atoms with Crippen LogP contribution in [-0.2, 0) is 11.3 Å². The Hall–Kier alpha value is -3.79. The SMILES string of the molecule is C=CCNC(=O)C(=C=c1sc(=C=CNc2cccc(OCCN(C)C)c2)c(=O)n1CC)C#N. The molecule has 2 N–H and O–H groups in total. The Labute approximate surface area is 196 Å². The van der Waals surface area contributed by atoms with Crippen LogP contribution in [0.25, 0.3) is 11.5 Å². The Morgan fingerprint density at radius 2 is 2.18 bits per heavy atom. The van der Waals surface area contributed by atoms with Crippen molar-refractivity contribution >= 4 is 34.4 Å². The number of nitriles is 1. The number of carbonyl (C=O) groups excluding carboxylic acids is 1. The van der Waals surface area contributed by atoms with Crippen LogP contribution in [0.5, 0.6) is 5.75 Å². The van der Waals surface area contributed by atoms with Gasteiger partial charge in [0.1, 0.15) is 27.6 Å². The number of thiazole rings is 1. The van der Waals surface area contributed by atoms with Gasteiger partial charge in [-0.25, -0.2) is 0 Å². The van der Waals surface area contributed by atoms with Crippen LogP contribution in [-0.4, -0.2) is 49.2 Å². The number of likely N-dealkylation sites (N-methyl/N-ethyl adjacent to an activating group) is 1. The van der Waals surface area contributed by atoms with Gasteiger partial charge >= 0.3 is 0 Å². The van der Waals surface area contributed by atoms with E-state index in [1.54, 1.807) is 13.1 Å². The zero-order valence-corrected chi connectivity index (χ0v) is 19.8. The van der Waals surface area contributed by atoms with Gasteiger partial charge in [0.05, 0.1) is 0 Å². The van der Waals surface area contributed by atoms with E-state index in [2.05, 4.69) is 28.7 Å². The van der Waals surface area contributed by atoms with Crippen molar-refractivity contribution in [1.82, 2.24) is 14.8 Å². The first kappa shape index (κ1) is 25.5. The number of hydrogen-bond acceptors (Lipinski definition) is 7. The zero-order valence-electron chi connectivity index (χ0n) is 19.0. The van der Waals surface area contributed by atoms with Crippen LogP contribution in [0.4, 0.5) is 5.69 Å². The molecule has 0 atom stereocenters. The second-order valence-electron chi connectivity index (χ2n) is 7.01. The highest BCUT2D eigenvalue weighted by atomic mass is 32.1.